The van der Waals surface area contributed by atoms with Crippen LogP contribution in [0.2, 0.25) is 0 Å². The third kappa shape index (κ3) is 5.67. The molecule has 0 bridgehead atoms. The minimum absolute atomic E-state index is 0. The van der Waals surface area contributed by atoms with Gasteiger partial charge in [0.2, 0.25) is 0 Å². The molecule has 2 rings (SSSR count). The normalized spacial score (nSPS) is 24.7. The van der Waals surface area contributed by atoms with E-state index in [-0.39, 0.29) is 36.0 Å². The molecule has 1 aliphatic carbocycles. The van der Waals surface area contributed by atoms with Crippen molar-refractivity contribution >= 4 is 41.7 Å². The standard InChI is InChI=1S/C13H25N3OS.HI/c1-2-14-12(15-8-11-4-3-7-18-11)16-9-13(10-17)5-6-13;/h11,17H,2-10H2,1H3,(H2,14,15,16);1H. The van der Waals surface area contributed by atoms with Gasteiger partial charge in [0.1, 0.15) is 0 Å². The first-order valence-electron chi connectivity index (χ1n) is 7.03. The van der Waals surface area contributed by atoms with Crippen LogP contribution in [0, 0.1) is 5.41 Å². The van der Waals surface area contributed by atoms with Gasteiger partial charge in [0.25, 0.3) is 0 Å². The fourth-order valence-electron chi connectivity index (χ4n) is 2.15. The van der Waals surface area contributed by atoms with Crippen molar-refractivity contribution in [1.82, 2.24) is 10.6 Å². The highest BCUT2D eigenvalue weighted by molar-refractivity contribution is 14.0. The van der Waals surface area contributed by atoms with Crippen LogP contribution in [-0.4, -0.2) is 48.3 Å². The number of aliphatic hydroxyl groups is 1. The second kappa shape index (κ2) is 8.56. The molecule has 4 nitrogen and oxygen atoms in total. The van der Waals surface area contributed by atoms with Crippen LogP contribution in [-0.2, 0) is 0 Å². The summed E-state index contributed by atoms with van der Waals surface area (Å²) in [6.07, 6.45) is 4.89. The van der Waals surface area contributed by atoms with Crippen molar-refractivity contribution in [3.8, 4) is 0 Å². The first-order valence-corrected chi connectivity index (χ1v) is 8.07. The number of nitrogens with one attached hydrogen (secondary N) is 2. The minimum Gasteiger partial charge on any atom is -0.396 e. The van der Waals surface area contributed by atoms with Crippen LogP contribution >= 0.6 is 35.7 Å². The van der Waals surface area contributed by atoms with Gasteiger partial charge in [-0.15, -0.1) is 24.0 Å². The molecule has 1 saturated heterocycles. The molecule has 2 aliphatic rings. The monoisotopic (exact) mass is 399 g/mol. The summed E-state index contributed by atoms with van der Waals surface area (Å²) in [7, 11) is 0. The number of hydrogen-bond donors (Lipinski definition) is 3. The Kier molecular flexibility index (Phi) is 7.83. The summed E-state index contributed by atoms with van der Waals surface area (Å²) >= 11 is 2.06. The number of thioether (sulfide) groups is 1. The molecule has 1 saturated carbocycles. The molecule has 112 valence electrons. The van der Waals surface area contributed by atoms with Gasteiger partial charge in [0.05, 0.1) is 13.2 Å². The van der Waals surface area contributed by atoms with Gasteiger partial charge in [-0.05, 0) is 38.4 Å². The lowest BCUT2D eigenvalue weighted by Crippen LogP contribution is -2.40. The van der Waals surface area contributed by atoms with E-state index in [0.29, 0.717) is 0 Å². The molecule has 0 aromatic carbocycles. The summed E-state index contributed by atoms with van der Waals surface area (Å²) in [5.41, 5.74) is 0.102. The van der Waals surface area contributed by atoms with Crippen LogP contribution < -0.4 is 10.6 Å². The maximum Gasteiger partial charge on any atom is 0.191 e. The molecule has 19 heavy (non-hydrogen) atoms. The average molecular weight is 399 g/mol. The summed E-state index contributed by atoms with van der Waals surface area (Å²) in [5.74, 6) is 2.21. The zero-order valence-corrected chi connectivity index (χ0v) is 14.8. The highest BCUT2D eigenvalue weighted by atomic mass is 127. The van der Waals surface area contributed by atoms with Crippen molar-refractivity contribution < 1.29 is 5.11 Å². The van der Waals surface area contributed by atoms with E-state index < -0.39 is 0 Å². The van der Waals surface area contributed by atoms with Crippen LogP contribution in [0.25, 0.3) is 0 Å². The number of nitrogens with zero attached hydrogens (tertiary/aromatic N) is 1. The van der Waals surface area contributed by atoms with E-state index in [1.165, 1.54) is 18.6 Å². The molecule has 0 aromatic rings. The van der Waals surface area contributed by atoms with E-state index >= 15 is 0 Å². The first kappa shape index (κ1) is 17.4. The lowest BCUT2D eigenvalue weighted by atomic mass is 10.1. The van der Waals surface area contributed by atoms with Gasteiger partial charge in [-0.2, -0.15) is 11.8 Å². The first-order chi connectivity index (χ1) is 8.78. The third-order valence-electron chi connectivity index (χ3n) is 3.73. The number of hydrogen-bond acceptors (Lipinski definition) is 3. The lowest BCUT2D eigenvalue weighted by Gasteiger charge is -2.16. The van der Waals surface area contributed by atoms with E-state index in [4.69, 9.17) is 0 Å². The molecule has 0 aromatic heterocycles. The Labute approximate surface area is 137 Å². The molecule has 0 amide bonds. The second-order valence-corrected chi connectivity index (χ2v) is 6.78. The number of aliphatic hydroxyl groups excluding tert-OH is 1. The van der Waals surface area contributed by atoms with E-state index in [9.17, 15) is 5.11 Å². The van der Waals surface area contributed by atoms with Crippen LogP contribution in [0.4, 0.5) is 0 Å². The van der Waals surface area contributed by atoms with Crippen molar-refractivity contribution in [3.05, 3.63) is 0 Å². The topological polar surface area (TPSA) is 56.7 Å². The van der Waals surface area contributed by atoms with Gasteiger partial charge in [0.15, 0.2) is 5.96 Å². The second-order valence-electron chi connectivity index (χ2n) is 5.37. The maximum atomic E-state index is 9.29. The summed E-state index contributed by atoms with van der Waals surface area (Å²) in [6.45, 7) is 4.99. The van der Waals surface area contributed by atoms with E-state index in [1.807, 2.05) is 0 Å². The van der Waals surface area contributed by atoms with Gasteiger partial charge < -0.3 is 15.7 Å². The van der Waals surface area contributed by atoms with Crippen LogP contribution in [0.3, 0.4) is 0 Å². The summed E-state index contributed by atoms with van der Waals surface area (Å²) in [5, 5.41) is 16.7. The maximum absolute atomic E-state index is 9.29. The molecule has 1 atom stereocenters. The van der Waals surface area contributed by atoms with Crippen molar-refractivity contribution in [2.45, 2.75) is 37.9 Å². The highest BCUT2D eigenvalue weighted by Crippen LogP contribution is 2.45. The van der Waals surface area contributed by atoms with Crippen LogP contribution in [0.1, 0.15) is 32.6 Å². The average Bonchev–Trinajstić information content (AvgIpc) is 2.99. The van der Waals surface area contributed by atoms with E-state index in [0.717, 1.165) is 43.7 Å². The van der Waals surface area contributed by atoms with Gasteiger partial charge >= 0.3 is 0 Å². The van der Waals surface area contributed by atoms with Crippen molar-refractivity contribution in [1.29, 1.82) is 0 Å². The van der Waals surface area contributed by atoms with Crippen molar-refractivity contribution in [2.24, 2.45) is 10.4 Å². The van der Waals surface area contributed by atoms with Gasteiger partial charge in [-0.3, -0.25) is 4.99 Å². The quantitative estimate of drug-likeness (QED) is 0.363. The predicted octanol–water partition coefficient (Wildman–Crippen LogP) is 1.83. The summed E-state index contributed by atoms with van der Waals surface area (Å²) < 4.78 is 0. The summed E-state index contributed by atoms with van der Waals surface area (Å²) in [4.78, 5) is 4.60. The Morgan fingerprint density at radius 1 is 1.42 bits per heavy atom. The van der Waals surface area contributed by atoms with Gasteiger partial charge in [-0.1, -0.05) is 0 Å². The minimum atomic E-state index is 0. The Bertz CT molecular complexity index is 292. The molecular weight excluding hydrogens is 373 g/mol. The van der Waals surface area contributed by atoms with Gasteiger partial charge in [0, 0.05) is 23.8 Å². The third-order valence-corrected chi connectivity index (χ3v) is 5.13. The number of guanidine groups is 1. The largest absolute Gasteiger partial charge is 0.396 e. The Morgan fingerprint density at radius 3 is 2.74 bits per heavy atom. The number of rotatable bonds is 6. The molecule has 0 spiro atoms. The zero-order chi connectivity index (χ0) is 12.8. The number of halogens is 1. The van der Waals surface area contributed by atoms with E-state index in [2.05, 4.69) is 34.3 Å². The molecule has 2 fully saturated rings. The predicted molar refractivity (Wildman–Crippen MR) is 93.6 cm³/mol. The molecule has 1 unspecified atom stereocenters. The van der Waals surface area contributed by atoms with Crippen LogP contribution in [0.5, 0.6) is 0 Å². The molecular formula is C13H26IN3OS. The Morgan fingerprint density at radius 2 is 2.21 bits per heavy atom. The lowest BCUT2D eigenvalue weighted by molar-refractivity contribution is 0.217. The van der Waals surface area contributed by atoms with E-state index in [1.54, 1.807) is 0 Å². The molecule has 6 heteroatoms. The van der Waals surface area contributed by atoms with Crippen molar-refractivity contribution in [3.63, 3.8) is 0 Å². The smallest absolute Gasteiger partial charge is 0.191 e. The molecule has 1 aliphatic heterocycles. The molecule has 0 radical (unpaired) electrons. The zero-order valence-electron chi connectivity index (χ0n) is 11.7. The Hall–Kier alpha value is 0.310. The Balaban J connectivity index is 0.00000180. The molecule has 1 heterocycles. The van der Waals surface area contributed by atoms with Crippen molar-refractivity contribution in [2.75, 3.05) is 32.0 Å². The number of aliphatic imine (C=N–C) groups is 1. The SMILES string of the molecule is CCNC(=NCC1(CO)CC1)NCC1CCCS1.I. The van der Waals surface area contributed by atoms with Crippen LogP contribution in [0.15, 0.2) is 4.99 Å². The summed E-state index contributed by atoms with van der Waals surface area (Å²) in [6, 6.07) is 0. The fraction of sp³-hybridized carbons (Fsp3) is 0.923. The molecule has 3 N–H and O–H groups in total. The highest BCUT2D eigenvalue weighted by Gasteiger charge is 2.41. The fourth-order valence-corrected chi connectivity index (χ4v) is 3.35. The van der Waals surface area contributed by atoms with Gasteiger partial charge in [-0.25, -0.2) is 0 Å².